The molecule has 14 heavy (non-hydrogen) atoms. The standard InChI is InChI=1S/C9H7Br2N3/c1-6-2-3-12-9(8(6)11)14-5-7(10)4-13-14/h2-5H,1H3. The zero-order valence-electron chi connectivity index (χ0n) is 7.41. The fraction of sp³-hybridized carbons (Fsp3) is 0.111. The second-order valence-electron chi connectivity index (χ2n) is 2.87. The van der Waals surface area contributed by atoms with E-state index in [1.54, 1.807) is 17.1 Å². The molecular weight excluding hydrogens is 310 g/mol. The molecule has 0 unspecified atom stereocenters. The van der Waals surface area contributed by atoms with Crippen molar-refractivity contribution < 1.29 is 0 Å². The lowest BCUT2D eigenvalue weighted by Crippen LogP contribution is -1.99. The van der Waals surface area contributed by atoms with Crippen molar-refractivity contribution in [2.45, 2.75) is 6.92 Å². The molecule has 2 rings (SSSR count). The minimum absolute atomic E-state index is 0.802. The van der Waals surface area contributed by atoms with Crippen molar-refractivity contribution in [2.75, 3.05) is 0 Å². The Bertz CT molecular complexity index is 465. The van der Waals surface area contributed by atoms with Gasteiger partial charge in [0.25, 0.3) is 0 Å². The number of hydrogen-bond acceptors (Lipinski definition) is 2. The van der Waals surface area contributed by atoms with Gasteiger partial charge in [-0.1, -0.05) is 0 Å². The highest BCUT2D eigenvalue weighted by Crippen LogP contribution is 2.22. The monoisotopic (exact) mass is 315 g/mol. The molecule has 0 aliphatic rings. The number of pyridine rings is 1. The highest BCUT2D eigenvalue weighted by Gasteiger charge is 2.06. The van der Waals surface area contributed by atoms with E-state index < -0.39 is 0 Å². The average Bonchev–Trinajstić information content (AvgIpc) is 2.57. The zero-order valence-corrected chi connectivity index (χ0v) is 10.6. The van der Waals surface area contributed by atoms with Crippen molar-refractivity contribution in [1.82, 2.24) is 14.8 Å². The van der Waals surface area contributed by atoms with Crippen LogP contribution in [0.1, 0.15) is 5.56 Å². The van der Waals surface area contributed by atoms with Crippen LogP contribution in [0.3, 0.4) is 0 Å². The van der Waals surface area contributed by atoms with E-state index in [2.05, 4.69) is 41.9 Å². The predicted octanol–water partition coefficient (Wildman–Crippen LogP) is 3.10. The quantitative estimate of drug-likeness (QED) is 0.809. The number of aryl methyl sites for hydroxylation is 1. The third-order valence-electron chi connectivity index (χ3n) is 1.83. The maximum absolute atomic E-state index is 4.26. The molecule has 0 aromatic carbocycles. The van der Waals surface area contributed by atoms with Crippen LogP contribution in [-0.4, -0.2) is 14.8 Å². The van der Waals surface area contributed by atoms with E-state index in [-0.39, 0.29) is 0 Å². The van der Waals surface area contributed by atoms with E-state index in [0.717, 1.165) is 20.3 Å². The van der Waals surface area contributed by atoms with Gasteiger partial charge in [0, 0.05) is 12.4 Å². The summed E-state index contributed by atoms with van der Waals surface area (Å²) in [5.41, 5.74) is 1.14. The van der Waals surface area contributed by atoms with Crippen LogP contribution in [0.15, 0.2) is 33.6 Å². The van der Waals surface area contributed by atoms with E-state index in [1.165, 1.54) is 0 Å². The molecule has 3 nitrogen and oxygen atoms in total. The fourth-order valence-electron chi connectivity index (χ4n) is 1.10. The van der Waals surface area contributed by atoms with Gasteiger partial charge in [0.2, 0.25) is 0 Å². The summed E-state index contributed by atoms with van der Waals surface area (Å²) in [4.78, 5) is 4.26. The molecule has 0 radical (unpaired) electrons. The molecule has 2 aromatic heterocycles. The molecule has 0 amide bonds. The third-order valence-corrected chi connectivity index (χ3v) is 3.22. The van der Waals surface area contributed by atoms with Gasteiger partial charge in [-0.05, 0) is 50.4 Å². The molecular formula is C9H7Br2N3. The molecule has 72 valence electrons. The van der Waals surface area contributed by atoms with Gasteiger partial charge in [-0.25, -0.2) is 9.67 Å². The lowest BCUT2D eigenvalue weighted by molar-refractivity contribution is 0.839. The molecule has 2 heterocycles. The molecule has 0 aliphatic carbocycles. The highest BCUT2D eigenvalue weighted by atomic mass is 79.9. The Morgan fingerprint density at radius 2 is 2.14 bits per heavy atom. The molecule has 0 saturated heterocycles. The molecule has 0 N–H and O–H groups in total. The Morgan fingerprint density at radius 1 is 1.36 bits per heavy atom. The largest absolute Gasteiger partial charge is 0.236 e. The van der Waals surface area contributed by atoms with Gasteiger partial charge in [-0.2, -0.15) is 5.10 Å². The van der Waals surface area contributed by atoms with Crippen LogP contribution in [0.5, 0.6) is 0 Å². The first-order valence-electron chi connectivity index (χ1n) is 4.00. The maximum Gasteiger partial charge on any atom is 0.167 e. The number of aromatic nitrogens is 3. The molecule has 0 atom stereocenters. The van der Waals surface area contributed by atoms with Gasteiger partial charge in [0.05, 0.1) is 15.1 Å². The molecule has 0 saturated carbocycles. The summed E-state index contributed by atoms with van der Waals surface area (Å²) in [6.07, 6.45) is 5.37. The Balaban J connectivity index is 2.57. The van der Waals surface area contributed by atoms with Gasteiger partial charge in [0.1, 0.15) is 0 Å². The van der Waals surface area contributed by atoms with Crippen molar-refractivity contribution in [3.05, 3.63) is 39.2 Å². The zero-order chi connectivity index (χ0) is 10.1. The van der Waals surface area contributed by atoms with Crippen molar-refractivity contribution >= 4 is 31.9 Å². The van der Waals surface area contributed by atoms with Gasteiger partial charge in [-0.15, -0.1) is 0 Å². The first-order valence-corrected chi connectivity index (χ1v) is 5.59. The van der Waals surface area contributed by atoms with Crippen LogP contribution in [0.4, 0.5) is 0 Å². The van der Waals surface area contributed by atoms with E-state index in [1.807, 2.05) is 19.2 Å². The molecule has 0 fully saturated rings. The van der Waals surface area contributed by atoms with Crippen molar-refractivity contribution in [3.8, 4) is 5.82 Å². The maximum atomic E-state index is 4.26. The average molecular weight is 317 g/mol. The summed E-state index contributed by atoms with van der Waals surface area (Å²) >= 11 is 6.83. The highest BCUT2D eigenvalue weighted by molar-refractivity contribution is 9.10. The Labute approximate surface area is 98.4 Å². The smallest absolute Gasteiger partial charge is 0.167 e. The summed E-state index contributed by atoms with van der Waals surface area (Å²) in [5.74, 6) is 0.802. The van der Waals surface area contributed by atoms with Crippen LogP contribution in [-0.2, 0) is 0 Å². The van der Waals surface area contributed by atoms with Gasteiger partial charge in [-0.3, -0.25) is 0 Å². The number of hydrogen-bond donors (Lipinski definition) is 0. The van der Waals surface area contributed by atoms with Crippen LogP contribution in [0.2, 0.25) is 0 Å². The molecule has 0 spiro atoms. The van der Waals surface area contributed by atoms with Gasteiger partial charge < -0.3 is 0 Å². The van der Waals surface area contributed by atoms with E-state index >= 15 is 0 Å². The lowest BCUT2D eigenvalue weighted by atomic mass is 10.3. The topological polar surface area (TPSA) is 30.7 Å². The lowest BCUT2D eigenvalue weighted by Gasteiger charge is -2.04. The van der Waals surface area contributed by atoms with Gasteiger partial charge >= 0.3 is 0 Å². The van der Waals surface area contributed by atoms with Crippen LogP contribution >= 0.6 is 31.9 Å². The SMILES string of the molecule is Cc1ccnc(-n2cc(Br)cn2)c1Br. The van der Waals surface area contributed by atoms with Crippen LogP contribution in [0, 0.1) is 6.92 Å². The second-order valence-corrected chi connectivity index (χ2v) is 4.58. The van der Waals surface area contributed by atoms with Crippen molar-refractivity contribution in [1.29, 1.82) is 0 Å². The molecule has 5 heteroatoms. The number of halogens is 2. The van der Waals surface area contributed by atoms with E-state index in [0.29, 0.717) is 0 Å². The minimum Gasteiger partial charge on any atom is -0.236 e. The summed E-state index contributed by atoms with van der Waals surface area (Å²) in [5, 5.41) is 4.17. The van der Waals surface area contributed by atoms with E-state index in [9.17, 15) is 0 Å². The van der Waals surface area contributed by atoms with Crippen molar-refractivity contribution in [2.24, 2.45) is 0 Å². The van der Waals surface area contributed by atoms with E-state index in [4.69, 9.17) is 0 Å². The van der Waals surface area contributed by atoms with Crippen LogP contribution in [0.25, 0.3) is 5.82 Å². The Kier molecular flexibility index (Phi) is 2.69. The first-order chi connectivity index (χ1) is 6.68. The number of nitrogens with zero attached hydrogens (tertiary/aromatic N) is 3. The summed E-state index contributed by atoms with van der Waals surface area (Å²) in [6, 6.07) is 1.95. The van der Waals surface area contributed by atoms with Crippen molar-refractivity contribution in [3.63, 3.8) is 0 Å². The summed E-state index contributed by atoms with van der Waals surface area (Å²) in [6.45, 7) is 2.02. The summed E-state index contributed by atoms with van der Waals surface area (Å²) in [7, 11) is 0. The first kappa shape index (κ1) is 9.86. The molecule has 2 aromatic rings. The van der Waals surface area contributed by atoms with Gasteiger partial charge in [0.15, 0.2) is 5.82 Å². The third kappa shape index (κ3) is 1.74. The minimum atomic E-state index is 0.802. The normalized spacial score (nSPS) is 10.5. The Hall–Kier alpha value is -0.680. The van der Waals surface area contributed by atoms with Crippen LogP contribution < -0.4 is 0 Å². The predicted molar refractivity (Wildman–Crippen MR) is 61.5 cm³/mol. The molecule has 0 bridgehead atoms. The fourth-order valence-corrected chi connectivity index (χ4v) is 1.80. The number of rotatable bonds is 1. The summed E-state index contributed by atoms with van der Waals surface area (Å²) < 4.78 is 3.63. The Morgan fingerprint density at radius 3 is 2.79 bits per heavy atom. The molecule has 0 aliphatic heterocycles. The second kappa shape index (κ2) is 3.82.